The third-order valence-electron chi connectivity index (χ3n) is 1.60. The average Bonchev–Trinajstić information content (AvgIpc) is 2.11. The van der Waals surface area contributed by atoms with Crippen molar-refractivity contribution in [2.45, 2.75) is 6.42 Å². The molecule has 1 aromatic carbocycles. The summed E-state index contributed by atoms with van der Waals surface area (Å²) in [5.74, 6) is -3.10. The van der Waals surface area contributed by atoms with Gasteiger partial charge in [0.15, 0.2) is 0 Å². The zero-order valence-electron chi connectivity index (χ0n) is 6.96. The summed E-state index contributed by atoms with van der Waals surface area (Å²) in [6, 6.07) is 4.22. The second-order valence-electron chi connectivity index (χ2n) is 2.64. The van der Waals surface area contributed by atoms with E-state index in [2.05, 4.69) is 0 Å². The van der Waals surface area contributed by atoms with E-state index >= 15 is 0 Å². The molecule has 0 saturated heterocycles. The van der Waals surface area contributed by atoms with Crippen LogP contribution in [0.3, 0.4) is 0 Å². The number of carbonyl (C=O) groups excluding carboxylic acids is 1. The number of hydrogen-bond acceptors (Lipinski definition) is 2. The molecular formula is C9H6FIO3. The summed E-state index contributed by atoms with van der Waals surface area (Å²) >= 11 is 1.96. The molecule has 1 N–H and O–H groups in total. The Kier molecular flexibility index (Phi) is 3.56. The maximum absolute atomic E-state index is 13.0. The summed E-state index contributed by atoms with van der Waals surface area (Å²) in [5, 5.41) is 8.33. The molecule has 0 bridgehead atoms. The number of rotatable bonds is 3. The molecule has 0 atom stereocenters. The highest BCUT2D eigenvalue weighted by atomic mass is 127. The number of halogens is 2. The van der Waals surface area contributed by atoms with Crippen molar-refractivity contribution in [2.75, 3.05) is 0 Å². The molecule has 0 heterocycles. The second-order valence-corrected chi connectivity index (χ2v) is 3.89. The minimum atomic E-state index is -1.54. The van der Waals surface area contributed by atoms with E-state index in [-0.39, 0.29) is 5.56 Å². The first-order valence-electron chi connectivity index (χ1n) is 3.70. The Hall–Kier alpha value is -0.980. The predicted molar refractivity (Wildman–Crippen MR) is 55.5 cm³/mol. The molecule has 5 heteroatoms. The van der Waals surface area contributed by atoms with Gasteiger partial charge in [-0.3, -0.25) is 4.79 Å². The first-order valence-corrected chi connectivity index (χ1v) is 4.78. The predicted octanol–water partition coefficient (Wildman–Crippen LogP) is 1.63. The van der Waals surface area contributed by atoms with E-state index in [1.165, 1.54) is 12.1 Å². The molecule has 0 saturated carbocycles. The highest BCUT2D eigenvalue weighted by Crippen LogP contribution is 2.13. The van der Waals surface area contributed by atoms with Crippen molar-refractivity contribution in [3.05, 3.63) is 33.1 Å². The molecule has 0 amide bonds. The number of carboxylic acid groups (broad SMARTS) is 1. The number of hydrogen-bond donors (Lipinski definition) is 1. The first-order chi connectivity index (χ1) is 6.50. The van der Waals surface area contributed by atoms with Gasteiger partial charge in [-0.15, -0.1) is 0 Å². The van der Waals surface area contributed by atoms with Crippen LogP contribution in [0.25, 0.3) is 0 Å². The summed E-state index contributed by atoms with van der Waals surface area (Å²) < 4.78 is 13.8. The molecule has 0 fully saturated rings. The lowest BCUT2D eigenvalue weighted by atomic mass is 10.1. The Bertz CT molecular complexity index is 390. The SMILES string of the molecule is O=C(O)C(=O)Cc1cc(I)ccc1F. The molecule has 0 aliphatic carbocycles. The van der Waals surface area contributed by atoms with Crippen LogP contribution in [0.5, 0.6) is 0 Å². The van der Waals surface area contributed by atoms with Crippen LogP contribution in [-0.4, -0.2) is 16.9 Å². The molecule has 0 unspecified atom stereocenters. The highest BCUT2D eigenvalue weighted by molar-refractivity contribution is 14.1. The van der Waals surface area contributed by atoms with Gasteiger partial charge in [-0.05, 0) is 46.4 Å². The Balaban J connectivity index is 2.91. The Morgan fingerprint density at radius 2 is 2.07 bits per heavy atom. The highest BCUT2D eigenvalue weighted by Gasteiger charge is 2.14. The van der Waals surface area contributed by atoms with Gasteiger partial charge in [0.25, 0.3) is 0 Å². The molecule has 0 aliphatic heterocycles. The van der Waals surface area contributed by atoms with Crippen molar-refractivity contribution in [3.8, 4) is 0 Å². The fourth-order valence-electron chi connectivity index (χ4n) is 0.927. The average molecular weight is 308 g/mol. The van der Waals surface area contributed by atoms with Gasteiger partial charge in [0.1, 0.15) is 5.82 Å². The minimum absolute atomic E-state index is 0.115. The van der Waals surface area contributed by atoms with Crippen LogP contribution >= 0.6 is 22.6 Å². The normalized spacial score (nSPS) is 9.86. The summed E-state index contributed by atoms with van der Waals surface area (Å²) in [6.07, 6.45) is -0.405. The van der Waals surface area contributed by atoms with Crippen molar-refractivity contribution in [1.82, 2.24) is 0 Å². The van der Waals surface area contributed by atoms with E-state index in [9.17, 15) is 14.0 Å². The molecular weight excluding hydrogens is 302 g/mol. The number of benzene rings is 1. The van der Waals surface area contributed by atoms with Gasteiger partial charge in [-0.1, -0.05) is 0 Å². The third kappa shape index (κ3) is 2.76. The van der Waals surface area contributed by atoms with Crippen LogP contribution in [0.1, 0.15) is 5.56 Å². The van der Waals surface area contributed by atoms with Gasteiger partial charge in [0.05, 0.1) is 0 Å². The lowest BCUT2D eigenvalue weighted by Gasteiger charge is -2.00. The van der Waals surface area contributed by atoms with Gasteiger partial charge in [0, 0.05) is 9.99 Å². The zero-order valence-corrected chi connectivity index (χ0v) is 9.12. The van der Waals surface area contributed by atoms with Gasteiger partial charge in [0.2, 0.25) is 5.78 Å². The molecule has 1 rings (SSSR count). The van der Waals surface area contributed by atoms with E-state index in [1.807, 2.05) is 22.6 Å². The summed E-state index contributed by atoms with van der Waals surface area (Å²) in [6.45, 7) is 0. The maximum Gasteiger partial charge on any atom is 0.372 e. The maximum atomic E-state index is 13.0. The molecule has 3 nitrogen and oxygen atoms in total. The zero-order chi connectivity index (χ0) is 10.7. The lowest BCUT2D eigenvalue weighted by Crippen LogP contribution is -2.15. The number of ketones is 1. The Morgan fingerprint density at radius 1 is 1.43 bits per heavy atom. The number of carboxylic acids is 1. The van der Waals surface area contributed by atoms with Crippen LogP contribution in [-0.2, 0) is 16.0 Å². The summed E-state index contributed by atoms with van der Waals surface area (Å²) in [5.41, 5.74) is 0.115. The molecule has 14 heavy (non-hydrogen) atoms. The van der Waals surface area contributed by atoms with E-state index < -0.39 is 24.0 Å². The second kappa shape index (κ2) is 4.50. The van der Waals surface area contributed by atoms with E-state index in [0.717, 1.165) is 3.57 Å². The van der Waals surface area contributed by atoms with Crippen LogP contribution in [0.2, 0.25) is 0 Å². The number of aliphatic carboxylic acids is 1. The van der Waals surface area contributed by atoms with E-state index in [4.69, 9.17) is 5.11 Å². The van der Waals surface area contributed by atoms with Crippen LogP contribution in [0, 0.1) is 9.39 Å². The molecule has 0 aliphatic rings. The smallest absolute Gasteiger partial charge is 0.372 e. The van der Waals surface area contributed by atoms with E-state index in [1.54, 1.807) is 6.07 Å². The minimum Gasteiger partial charge on any atom is -0.475 e. The van der Waals surface area contributed by atoms with Crippen LogP contribution in [0.15, 0.2) is 18.2 Å². The molecule has 0 radical (unpaired) electrons. The van der Waals surface area contributed by atoms with Gasteiger partial charge >= 0.3 is 5.97 Å². The van der Waals surface area contributed by atoms with E-state index in [0.29, 0.717) is 0 Å². The summed E-state index contributed by atoms with van der Waals surface area (Å²) in [4.78, 5) is 21.0. The summed E-state index contributed by atoms with van der Waals surface area (Å²) in [7, 11) is 0. The third-order valence-corrected chi connectivity index (χ3v) is 2.27. The standard InChI is InChI=1S/C9H6FIO3/c10-7-2-1-6(11)3-5(7)4-8(12)9(13)14/h1-3H,4H2,(H,13,14). The van der Waals surface area contributed by atoms with Crippen LogP contribution in [0.4, 0.5) is 4.39 Å². The van der Waals surface area contributed by atoms with Crippen molar-refractivity contribution in [2.24, 2.45) is 0 Å². The lowest BCUT2D eigenvalue weighted by molar-refractivity contribution is -0.148. The van der Waals surface area contributed by atoms with Crippen molar-refractivity contribution in [3.63, 3.8) is 0 Å². The largest absolute Gasteiger partial charge is 0.475 e. The molecule has 0 spiro atoms. The fourth-order valence-corrected chi connectivity index (χ4v) is 1.48. The first kappa shape index (κ1) is 11.1. The van der Waals surface area contributed by atoms with Gasteiger partial charge < -0.3 is 5.11 Å². The van der Waals surface area contributed by atoms with Crippen molar-refractivity contribution >= 4 is 34.3 Å². The van der Waals surface area contributed by atoms with Crippen molar-refractivity contribution < 1.29 is 19.1 Å². The fraction of sp³-hybridized carbons (Fsp3) is 0.111. The topological polar surface area (TPSA) is 54.4 Å². The number of carbonyl (C=O) groups is 2. The monoisotopic (exact) mass is 308 g/mol. The van der Waals surface area contributed by atoms with Crippen LogP contribution < -0.4 is 0 Å². The number of Topliss-reactive ketones (excluding diaryl/α,β-unsaturated/α-hetero) is 1. The van der Waals surface area contributed by atoms with Crippen molar-refractivity contribution in [1.29, 1.82) is 0 Å². The Labute approximate surface area is 93.1 Å². The molecule has 0 aromatic heterocycles. The molecule has 1 aromatic rings. The molecule has 74 valence electrons. The van der Waals surface area contributed by atoms with Gasteiger partial charge in [-0.25, -0.2) is 9.18 Å². The van der Waals surface area contributed by atoms with Gasteiger partial charge in [-0.2, -0.15) is 0 Å². The Morgan fingerprint density at radius 3 is 2.64 bits per heavy atom. The quantitative estimate of drug-likeness (QED) is 0.682.